The van der Waals surface area contributed by atoms with Crippen molar-refractivity contribution >= 4 is 21.8 Å². The van der Waals surface area contributed by atoms with Gasteiger partial charge in [0.15, 0.2) is 6.61 Å². The zero-order valence-electron chi connectivity index (χ0n) is 10.0. The third-order valence-electron chi connectivity index (χ3n) is 2.23. The molecule has 0 radical (unpaired) electrons. The van der Waals surface area contributed by atoms with Gasteiger partial charge in [0, 0.05) is 17.6 Å². The predicted molar refractivity (Wildman–Crippen MR) is 73.5 cm³/mol. The standard InChI is InChI=1S/C13H16BrNO3/c1-2-6-15(7-8-16)13(17)10-18-12-5-3-4-11(14)9-12/h2-5,9,16H,1,6-8,10H2. The number of amides is 1. The Kier molecular flexibility index (Phi) is 6.46. The van der Waals surface area contributed by atoms with Gasteiger partial charge in [0.1, 0.15) is 5.75 Å². The van der Waals surface area contributed by atoms with Crippen molar-refractivity contribution in [2.75, 3.05) is 26.3 Å². The molecule has 1 N–H and O–H groups in total. The van der Waals surface area contributed by atoms with Crippen molar-refractivity contribution in [2.24, 2.45) is 0 Å². The van der Waals surface area contributed by atoms with Crippen LogP contribution in [0.4, 0.5) is 0 Å². The van der Waals surface area contributed by atoms with Crippen LogP contribution in [0.15, 0.2) is 41.4 Å². The summed E-state index contributed by atoms with van der Waals surface area (Å²) in [6.45, 7) is 4.14. The van der Waals surface area contributed by atoms with Crippen molar-refractivity contribution in [3.8, 4) is 5.75 Å². The summed E-state index contributed by atoms with van der Waals surface area (Å²) in [5.41, 5.74) is 0. The molecular formula is C13H16BrNO3. The number of aliphatic hydroxyl groups is 1. The van der Waals surface area contributed by atoms with E-state index in [4.69, 9.17) is 9.84 Å². The average Bonchev–Trinajstić information content (AvgIpc) is 2.36. The Balaban J connectivity index is 2.50. The van der Waals surface area contributed by atoms with Crippen LogP contribution in [-0.2, 0) is 4.79 Å². The van der Waals surface area contributed by atoms with Crippen molar-refractivity contribution in [3.63, 3.8) is 0 Å². The summed E-state index contributed by atoms with van der Waals surface area (Å²) in [7, 11) is 0. The minimum Gasteiger partial charge on any atom is -0.484 e. The highest BCUT2D eigenvalue weighted by atomic mass is 79.9. The van der Waals surface area contributed by atoms with Gasteiger partial charge >= 0.3 is 0 Å². The van der Waals surface area contributed by atoms with Gasteiger partial charge in [-0.15, -0.1) is 6.58 Å². The Bertz CT molecular complexity index is 409. The Morgan fingerprint density at radius 3 is 2.94 bits per heavy atom. The topological polar surface area (TPSA) is 49.8 Å². The largest absolute Gasteiger partial charge is 0.484 e. The van der Waals surface area contributed by atoms with E-state index in [1.807, 2.05) is 12.1 Å². The van der Waals surface area contributed by atoms with E-state index < -0.39 is 0 Å². The number of nitrogens with zero attached hydrogens (tertiary/aromatic N) is 1. The molecule has 1 aromatic rings. The maximum absolute atomic E-state index is 11.8. The van der Waals surface area contributed by atoms with Gasteiger partial charge in [-0.2, -0.15) is 0 Å². The Hall–Kier alpha value is -1.33. The molecule has 1 aromatic carbocycles. The van der Waals surface area contributed by atoms with Gasteiger partial charge in [0.05, 0.1) is 6.61 Å². The van der Waals surface area contributed by atoms with E-state index in [0.717, 1.165) is 4.47 Å². The second kappa shape index (κ2) is 7.89. The Morgan fingerprint density at radius 1 is 1.56 bits per heavy atom. The number of ether oxygens (including phenoxy) is 1. The highest BCUT2D eigenvalue weighted by molar-refractivity contribution is 9.10. The minimum atomic E-state index is -0.177. The van der Waals surface area contributed by atoms with Gasteiger partial charge in [-0.05, 0) is 18.2 Å². The Morgan fingerprint density at radius 2 is 2.33 bits per heavy atom. The molecule has 0 saturated heterocycles. The summed E-state index contributed by atoms with van der Waals surface area (Å²) in [6, 6.07) is 7.28. The smallest absolute Gasteiger partial charge is 0.260 e. The molecule has 0 spiro atoms. The van der Waals surface area contributed by atoms with Crippen LogP contribution in [0.3, 0.4) is 0 Å². The number of carbonyl (C=O) groups excluding carboxylic acids is 1. The summed E-state index contributed by atoms with van der Waals surface area (Å²) in [5, 5.41) is 8.86. The lowest BCUT2D eigenvalue weighted by Gasteiger charge is -2.20. The van der Waals surface area contributed by atoms with Crippen molar-refractivity contribution in [3.05, 3.63) is 41.4 Å². The molecule has 0 aliphatic heterocycles. The van der Waals surface area contributed by atoms with E-state index in [2.05, 4.69) is 22.5 Å². The normalized spacial score (nSPS) is 9.89. The number of hydrogen-bond acceptors (Lipinski definition) is 3. The van der Waals surface area contributed by atoms with Crippen LogP contribution in [0, 0.1) is 0 Å². The molecule has 0 saturated carbocycles. The van der Waals surface area contributed by atoms with Crippen LogP contribution in [0.2, 0.25) is 0 Å². The summed E-state index contributed by atoms with van der Waals surface area (Å²) in [6.07, 6.45) is 1.62. The lowest BCUT2D eigenvalue weighted by molar-refractivity contribution is -0.133. The fraction of sp³-hybridized carbons (Fsp3) is 0.308. The van der Waals surface area contributed by atoms with E-state index in [-0.39, 0.29) is 25.7 Å². The maximum Gasteiger partial charge on any atom is 0.260 e. The van der Waals surface area contributed by atoms with Crippen LogP contribution >= 0.6 is 15.9 Å². The van der Waals surface area contributed by atoms with Crippen molar-refractivity contribution in [1.29, 1.82) is 0 Å². The lowest BCUT2D eigenvalue weighted by atomic mass is 10.3. The predicted octanol–water partition coefficient (Wildman–Crippen LogP) is 1.83. The summed E-state index contributed by atoms with van der Waals surface area (Å²) < 4.78 is 6.28. The molecule has 0 aliphatic carbocycles. The monoisotopic (exact) mass is 313 g/mol. The third-order valence-corrected chi connectivity index (χ3v) is 2.72. The molecule has 1 rings (SSSR count). The first-order valence-corrected chi connectivity index (χ1v) is 6.34. The van der Waals surface area contributed by atoms with Crippen LogP contribution < -0.4 is 4.74 Å². The van der Waals surface area contributed by atoms with E-state index in [1.165, 1.54) is 4.90 Å². The van der Waals surface area contributed by atoms with Crippen LogP contribution in [0.25, 0.3) is 0 Å². The molecular weight excluding hydrogens is 298 g/mol. The van der Waals surface area contributed by atoms with E-state index >= 15 is 0 Å². The van der Waals surface area contributed by atoms with Crippen LogP contribution in [0.1, 0.15) is 0 Å². The van der Waals surface area contributed by atoms with Gasteiger partial charge in [-0.3, -0.25) is 4.79 Å². The van der Waals surface area contributed by atoms with Crippen LogP contribution in [0.5, 0.6) is 5.75 Å². The molecule has 98 valence electrons. The number of hydrogen-bond donors (Lipinski definition) is 1. The number of halogens is 1. The summed E-state index contributed by atoms with van der Waals surface area (Å²) in [4.78, 5) is 13.3. The van der Waals surface area contributed by atoms with E-state index in [0.29, 0.717) is 12.3 Å². The fourth-order valence-electron chi connectivity index (χ4n) is 1.39. The summed E-state index contributed by atoms with van der Waals surface area (Å²) in [5.74, 6) is 0.448. The summed E-state index contributed by atoms with van der Waals surface area (Å²) >= 11 is 3.33. The SMILES string of the molecule is C=CCN(CCO)C(=O)COc1cccc(Br)c1. The van der Waals surface area contributed by atoms with Crippen molar-refractivity contribution in [2.45, 2.75) is 0 Å². The first-order chi connectivity index (χ1) is 8.67. The number of carbonyl (C=O) groups is 1. The molecule has 5 heteroatoms. The molecule has 0 bridgehead atoms. The maximum atomic E-state index is 11.8. The zero-order chi connectivity index (χ0) is 13.4. The van der Waals surface area contributed by atoms with E-state index in [1.54, 1.807) is 18.2 Å². The molecule has 0 fully saturated rings. The van der Waals surface area contributed by atoms with Gasteiger partial charge < -0.3 is 14.7 Å². The number of aliphatic hydroxyl groups excluding tert-OH is 1. The van der Waals surface area contributed by atoms with Gasteiger partial charge in [0.25, 0.3) is 5.91 Å². The van der Waals surface area contributed by atoms with Gasteiger partial charge in [0.2, 0.25) is 0 Å². The quantitative estimate of drug-likeness (QED) is 0.781. The number of rotatable bonds is 7. The highest BCUT2D eigenvalue weighted by Gasteiger charge is 2.12. The van der Waals surface area contributed by atoms with Crippen molar-refractivity contribution in [1.82, 2.24) is 4.90 Å². The molecule has 18 heavy (non-hydrogen) atoms. The Labute approximate surface area is 115 Å². The van der Waals surface area contributed by atoms with Gasteiger partial charge in [-0.1, -0.05) is 28.1 Å². The lowest BCUT2D eigenvalue weighted by Crippen LogP contribution is -2.37. The van der Waals surface area contributed by atoms with E-state index in [9.17, 15) is 4.79 Å². The molecule has 0 aliphatic rings. The molecule has 0 aromatic heterocycles. The van der Waals surface area contributed by atoms with Crippen molar-refractivity contribution < 1.29 is 14.6 Å². The molecule has 0 atom stereocenters. The second-order valence-corrected chi connectivity index (χ2v) is 4.51. The molecule has 0 heterocycles. The average molecular weight is 314 g/mol. The van der Waals surface area contributed by atoms with Gasteiger partial charge in [-0.25, -0.2) is 0 Å². The number of benzene rings is 1. The molecule has 1 amide bonds. The third kappa shape index (κ3) is 4.89. The zero-order valence-corrected chi connectivity index (χ0v) is 11.6. The molecule has 4 nitrogen and oxygen atoms in total. The molecule has 0 unspecified atom stereocenters. The first kappa shape index (κ1) is 14.7. The minimum absolute atomic E-state index is 0.0513. The highest BCUT2D eigenvalue weighted by Crippen LogP contribution is 2.17. The second-order valence-electron chi connectivity index (χ2n) is 3.60. The van der Waals surface area contributed by atoms with Crippen LogP contribution in [-0.4, -0.2) is 42.2 Å². The first-order valence-electron chi connectivity index (χ1n) is 5.55. The fourth-order valence-corrected chi connectivity index (χ4v) is 1.77.